The van der Waals surface area contributed by atoms with Crippen LogP contribution in [0.2, 0.25) is 0 Å². The number of aryl methyl sites for hydroxylation is 3. The summed E-state index contributed by atoms with van der Waals surface area (Å²) >= 11 is 0. The average Bonchev–Trinajstić information content (AvgIpc) is 3.15. The lowest BCUT2D eigenvalue weighted by Gasteiger charge is -2.24. The summed E-state index contributed by atoms with van der Waals surface area (Å²) in [6.07, 6.45) is 7.28. The van der Waals surface area contributed by atoms with Crippen molar-refractivity contribution in [2.75, 3.05) is 12.8 Å². The monoisotopic (exact) mass is 406 g/mol. The van der Waals surface area contributed by atoms with Gasteiger partial charge in [0.15, 0.2) is 7.14 Å². The van der Waals surface area contributed by atoms with Crippen molar-refractivity contribution in [3.63, 3.8) is 0 Å². The van der Waals surface area contributed by atoms with E-state index in [4.69, 9.17) is 4.74 Å². The largest absolute Gasteiger partial charge is 0.465 e. The summed E-state index contributed by atoms with van der Waals surface area (Å²) in [7, 11) is -3.38. The fourth-order valence-electron chi connectivity index (χ4n) is 4.35. The van der Waals surface area contributed by atoms with Crippen molar-refractivity contribution in [2.24, 2.45) is 0 Å². The Bertz CT molecular complexity index is 724. The van der Waals surface area contributed by atoms with Gasteiger partial charge in [-0.3, -0.25) is 9.59 Å². The van der Waals surface area contributed by atoms with E-state index in [-0.39, 0.29) is 17.3 Å². The number of unbranched alkanes of at least 4 members (excludes halogenated alkanes) is 3. The van der Waals surface area contributed by atoms with Crippen LogP contribution in [0.5, 0.6) is 0 Å². The van der Waals surface area contributed by atoms with Crippen molar-refractivity contribution in [3.8, 4) is 0 Å². The van der Waals surface area contributed by atoms with E-state index in [1.807, 2.05) is 32.9 Å². The molecule has 0 heterocycles. The van der Waals surface area contributed by atoms with E-state index in [2.05, 4.69) is 6.92 Å². The van der Waals surface area contributed by atoms with E-state index in [1.54, 1.807) is 0 Å². The van der Waals surface area contributed by atoms with E-state index in [0.29, 0.717) is 12.2 Å². The van der Waals surface area contributed by atoms with Gasteiger partial charge in [-0.2, -0.15) is 0 Å². The summed E-state index contributed by atoms with van der Waals surface area (Å²) in [5, 5.41) is 0. The molecule has 0 spiro atoms. The molecular weight excluding hydrogens is 371 g/mol. The van der Waals surface area contributed by atoms with Gasteiger partial charge in [-0.25, -0.2) is 0 Å². The van der Waals surface area contributed by atoms with Crippen molar-refractivity contribution in [2.45, 2.75) is 84.7 Å². The van der Waals surface area contributed by atoms with Crippen LogP contribution in [0.3, 0.4) is 0 Å². The number of hydrogen-bond donors (Lipinski definition) is 0. The van der Waals surface area contributed by atoms with Crippen LogP contribution in [-0.4, -0.2) is 29.9 Å². The molecule has 1 saturated carbocycles. The molecule has 1 aromatic rings. The van der Waals surface area contributed by atoms with Gasteiger partial charge in [-0.15, -0.1) is 0 Å². The average molecular weight is 407 g/mol. The number of carbonyl (C=O) groups excluding carboxylic acids is 2. The maximum Gasteiger partial charge on any atom is 0.313 e. The minimum atomic E-state index is -3.38. The van der Waals surface area contributed by atoms with Gasteiger partial charge in [0.1, 0.15) is 6.16 Å². The summed E-state index contributed by atoms with van der Waals surface area (Å²) < 4.78 is 19.3. The maximum atomic E-state index is 14.0. The van der Waals surface area contributed by atoms with Crippen LogP contribution in [0, 0.1) is 20.8 Å². The molecule has 0 saturated heterocycles. The predicted molar refractivity (Wildman–Crippen MR) is 115 cm³/mol. The molecular formula is C23H35O4P. The molecule has 0 bridgehead atoms. The van der Waals surface area contributed by atoms with Crippen LogP contribution in [0.15, 0.2) is 12.1 Å². The van der Waals surface area contributed by atoms with Crippen molar-refractivity contribution >= 4 is 18.6 Å². The van der Waals surface area contributed by atoms with Gasteiger partial charge in [0.25, 0.3) is 0 Å². The summed E-state index contributed by atoms with van der Waals surface area (Å²) in [5.74, 6) is -0.484. The highest BCUT2D eigenvalue weighted by molar-refractivity contribution is 7.82. The second kappa shape index (κ2) is 10.4. The molecule has 1 aliphatic carbocycles. The minimum absolute atomic E-state index is 0.187. The van der Waals surface area contributed by atoms with Crippen LogP contribution in [-0.2, 0) is 14.1 Å². The fourth-order valence-corrected chi connectivity index (χ4v) is 7.49. The number of hydrogen-bond acceptors (Lipinski definition) is 4. The zero-order valence-electron chi connectivity index (χ0n) is 17.9. The first-order valence-corrected chi connectivity index (χ1v) is 12.6. The van der Waals surface area contributed by atoms with E-state index in [9.17, 15) is 14.2 Å². The molecule has 2 rings (SSSR count). The van der Waals surface area contributed by atoms with Gasteiger partial charge < -0.3 is 9.30 Å². The topological polar surface area (TPSA) is 60.4 Å². The Balaban J connectivity index is 2.20. The van der Waals surface area contributed by atoms with Crippen LogP contribution in [0.4, 0.5) is 0 Å². The van der Waals surface area contributed by atoms with Crippen LogP contribution in [0.25, 0.3) is 0 Å². The lowest BCUT2D eigenvalue weighted by Crippen LogP contribution is -2.22. The van der Waals surface area contributed by atoms with Gasteiger partial charge >= 0.3 is 5.97 Å². The number of benzene rings is 1. The summed E-state index contributed by atoms with van der Waals surface area (Å²) in [4.78, 5) is 25.9. The maximum absolute atomic E-state index is 14.0. The smallest absolute Gasteiger partial charge is 0.313 e. The molecule has 0 radical (unpaired) electrons. The third-order valence-corrected chi connectivity index (χ3v) is 9.11. The molecule has 156 valence electrons. The molecule has 0 aromatic heterocycles. The Morgan fingerprint density at radius 1 is 1.04 bits per heavy atom. The summed E-state index contributed by atoms with van der Waals surface area (Å²) in [6, 6.07) is 3.90. The Labute approximate surface area is 169 Å². The highest BCUT2D eigenvalue weighted by Crippen LogP contribution is 2.59. The van der Waals surface area contributed by atoms with Gasteiger partial charge in [-0.1, -0.05) is 56.7 Å². The first-order chi connectivity index (χ1) is 13.3. The molecule has 1 aromatic carbocycles. The number of carbonyl (C=O) groups is 2. The van der Waals surface area contributed by atoms with Crippen LogP contribution >= 0.6 is 7.14 Å². The minimum Gasteiger partial charge on any atom is -0.465 e. The molecule has 1 atom stereocenters. The van der Waals surface area contributed by atoms with Gasteiger partial charge in [0.2, 0.25) is 5.52 Å². The Kier molecular flexibility index (Phi) is 8.49. The van der Waals surface area contributed by atoms with Crippen molar-refractivity contribution < 1.29 is 18.9 Å². The predicted octanol–water partition coefficient (Wildman–Crippen LogP) is 6.18. The van der Waals surface area contributed by atoms with Crippen molar-refractivity contribution in [3.05, 3.63) is 34.4 Å². The van der Waals surface area contributed by atoms with E-state index < -0.39 is 13.1 Å². The summed E-state index contributed by atoms with van der Waals surface area (Å²) in [5.41, 5.74) is 2.79. The zero-order chi connectivity index (χ0) is 20.7. The highest BCUT2D eigenvalue weighted by Gasteiger charge is 2.44. The summed E-state index contributed by atoms with van der Waals surface area (Å²) in [6.45, 7) is 8.24. The number of esters is 1. The lowest BCUT2D eigenvalue weighted by atomic mass is 10.0. The Morgan fingerprint density at radius 2 is 1.64 bits per heavy atom. The molecule has 5 heteroatoms. The second-order valence-corrected chi connectivity index (χ2v) is 11.3. The molecule has 0 amide bonds. The number of ether oxygens (including phenoxy) is 1. The van der Waals surface area contributed by atoms with E-state index in [1.165, 1.54) is 0 Å². The Hall–Kier alpha value is -1.41. The van der Waals surface area contributed by atoms with E-state index in [0.717, 1.165) is 68.1 Å². The third-order valence-electron chi connectivity index (χ3n) is 5.77. The zero-order valence-corrected chi connectivity index (χ0v) is 18.8. The van der Waals surface area contributed by atoms with Gasteiger partial charge in [0, 0.05) is 11.2 Å². The molecule has 0 aliphatic heterocycles. The van der Waals surface area contributed by atoms with Crippen molar-refractivity contribution in [1.29, 1.82) is 0 Å². The van der Waals surface area contributed by atoms with Crippen LogP contribution in [0.1, 0.15) is 85.3 Å². The van der Waals surface area contributed by atoms with Crippen molar-refractivity contribution in [1.82, 2.24) is 0 Å². The SMILES string of the molecule is CCCCCCOC(=O)CP(=O)(C(=O)c1c(C)cc(C)cc1C)C1CCCC1. The molecule has 1 fully saturated rings. The van der Waals surface area contributed by atoms with Gasteiger partial charge in [0.05, 0.1) is 6.61 Å². The molecule has 1 unspecified atom stereocenters. The van der Waals surface area contributed by atoms with E-state index >= 15 is 0 Å². The van der Waals surface area contributed by atoms with Gasteiger partial charge in [-0.05, 0) is 51.2 Å². The normalized spacial score (nSPS) is 16.7. The molecule has 1 aliphatic rings. The first kappa shape index (κ1) is 22.9. The molecule has 28 heavy (non-hydrogen) atoms. The molecule has 0 N–H and O–H groups in total. The number of rotatable bonds is 10. The fraction of sp³-hybridized carbons (Fsp3) is 0.652. The molecule has 4 nitrogen and oxygen atoms in total. The Morgan fingerprint density at radius 3 is 2.21 bits per heavy atom. The third kappa shape index (κ3) is 5.56. The van der Waals surface area contributed by atoms with Crippen LogP contribution < -0.4 is 0 Å². The highest BCUT2D eigenvalue weighted by atomic mass is 31.2. The quantitative estimate of drug-likeness (QED) is 0.264. The second-order valence-electron chi connectivity index (χ2n) is 8.25. The lowest BCUT2D eigenvalue weighted by molar-refractivity contribution is -0.140. The first-order valence-electron chi connectivity index (χ1n) is 10.7. The standard InChI is InChI=1S/C23H35O4P/c1-5-6-7-10-13-27-21(24)16-28(26,20-11-8-9-12-20)23(25)22-18(3)14-17(2)15-19(22)4/h14-15,20H,5-13,16H2,1-4H3.